The highest BCUT2D eigenvalue weighted by atomic mass is 32.2. The van der Waals surface area contributed by atoms with Gasteiger partial charge in [-0.3, -0.25) is 4.99 Å². The maximum Gasteiger partial charge on any atom is 0.213 e. The molecular formula is C18H36N4O2S. The maximum absolute atomic E-state index is 11.9. The third kappa shape index (κ3) is 6.44. The van der Waals surface area contributed by atoms with E-state index in [2.05, 4.69) is 22.5 Å². The van der Waals surface area contributed by atoms with E-state index >= 15 is 0 Å². The summed E-state index contributed by atoms with van der Waals surface area (Å²) in [7, 11) is -1.25. The highest BCUT2D eigenvalue weighted by molar-refractivity contribution is 7.89. The Morgan fingerprint density at radius 1 is 1.20 bits per heavy atom. The predicted molar refractivity (Wildman–Crippen MR) is 104 cm³/mol. The van der Waals surface area contributed by atoms with E-state index in [9.17, 15) is 8.42 Å². The average Bonchev–Trinajstić information content (AvgIpc) is 2.61. The normalized spacial score (nSPS) is 27.2. The molecule has 1 aliphatic carbocycles. The molecule has 1 heterocycles. The summed E-state index contributed by atoms with van der Waals surface area (Å²) in [6.07, 6.45) is 8.36. The smallest absolute Gasteiger partial charge is 0.213 e. The SMILES string of the molecule is CCS(=O)(=O)N1CCC(NC(=NC)NCCC2CCCC(C)C2)CC1. The number of sulfonamides is 1. The summed E-state index contributed by atoms with van der Waals surface area (Å²) >= 11 is 0. The number of rotatable bonds is 6. The van der Waals surface area contributed by atoms with Gasteiger partial charge in [-0.25, -0.2) is 12.7 Å². The van der Waals surface area contributed by atoms with Crippen LogP contribution >= 0.6 is 0 Å². The fourth-order valence-corrected chi connectivity index (χ4v) is 5.20. The van der Waals surface area contributed by atoms with Crippen molar-refractivity contribution in [3.63, 3.8) is 0 Å². The molecule has 1 saturated heterocycles. The number of nitrogens with one attached hydrogen (secondary N) is 2. The molecule has 2 fully saturated rings. The van der Waals surface area contributed by atoms with Crippen LogP contribution in [0.1, 0.15) is 58.8 Å². The number of aliphatic imine (C=N–C) groups is 1. The lowest BCUT2D eigenvalue weighted by atomic mass is 9.81. The highest BCUT2D eigenvalue weighted by Gasteiger charge is 2.27. The van der Waals surface area contributed by atoms with E-state index in [1.54, 1.807) is 18.3 Å². The van der Waals surface area contributed by atoms with E-state index in [1.807, 2.05) is 0 Å². The quantitative estimate of drug-likeness (QED) is 0.554. The van der Waals surface area contributed by atoms with Crippen LogP contribution in [0.25, 0.3) is 0 Å². The van der Waals surface area contributed by atoms with Crippen molar-refractivity contribution < 1.29 is 8.42 Å². The fourth-order valence-electron chi connectivity index (χ4n) is 4.07. The zero-order valence-corrected chi connectivity index (χ0v) is 16.9. The van der Waals surface area contributed by atoms with E-state index in [0.29, 0.717) is 19.1 Å². The summed E-state index contributed by atoms with van der Waals surface area (Å²) in [5.41, 5.74) is 0. The molecule has 2 unspecified atom stereocenters. The molecule has 0 aromatic rings. The van der Waals surface area contributed by atoms with Gasteiger partial charge in [0.25, 0.3) is 0 Å². The minimum Gasteiger partial charge on any atom is -0.356 e. The summed E-state index contributed by atoms with van der Waals surface area (Å²) in [6, 6.07) is 0.296. The molecular weight excluding hydrogens is 336 g/mol. The first kappa shape index (κ1) is 20.5. The van der Waals surface area contributed by atoms with Crippen LogP contribution in [0.15, 0.2) is 4.99 Å². The van der Waals surface area contributed by atoms with Gasteiger partial charge in [-0.2, -0.15) is 0 Å². The van der Waals surface area contributed by atoms with Crippen LogP contribution in [0.5, 0.6) is 0 Å². The van der Waals surface area contributed by atoms with Crippen molar-refractivity contribution in [2.45, 2.75) is 64.8 Å². The van der Waals surface area contributed by atoms with Crippen molar-refractivity contribution >= 4 is 16.0 Å². The number of hydrogen-bond donors (Lipinski definition) is 2. The Kier molecular flexibility index (Phi) is 8.00. The Hall–Kier alpha value is -0.820. The van der Waals surface area contributed by atoms with Gasteiger partial charge in [0.15, 0.2) is 5.96 Å². The average molecular weight is 373 g/mol. The maximum atomic E-state index is 11.9. The number of guanidine groups is 1. The van der Waals surface area contributed by atoms with E-state index in [1.165, 1.54) is 32.1 Å². The second kappa shape index (κ2) is 9.76. The largest absolute Gasteiger partial charge is 0.356 e. The lowest BCUT2D eigenvalue weighted by Crippen LogP contribution is -2.50. The van der Waals surface area contributed by atoms with Crippen molar-refractivity contribution in [2.75, 3.05) is 32.4 Å². The number of piperidine rings is 1. The standard InChI is InChI=1S/C18H36N4O2S/c1-4-25(23,24)22-12-9-17(10-13-22)21-18(19-3)20-11-8-16-7-5-6-15(2)14-16/h15-17H,4-14H2,1-3H3,(H2,19,20,21). The van der Waals surface area contributed by atoms with Gasteiger partial charge in [0.05, 0.1) is 5.75 Å². The van der Waals surface area contributed by atoms with Gasteiger partial charge < -0.3 is 10.6 Å². The van der Waals surface area contributed by atoms with Gasteiger partial charge in [-0.05, 0) is 44.4 Å². The summed E-state index contributed by atoms with van der Waals surface area (Å²) < 4.78 is 25.5. The molecule has 0 aromatic heterocycles. The van der Waals surface area contributed by atoms with Crippen LogP contribution in [0.2, 0.25) is 0 Å². The Morgan fingerprint density at radius 3 is 2.52 bits per heavy atom. The van der Waals surface area contributed by atoms with Gasteiger partial charge in [0, 0.05) is 32.7 Å². The first-order valence-electron chi connectivity index (χ1n) is 9.89. The molecule has 0 amide bonds. The van der Waals surface area contributed by atoms with Crippen LogP contribution < -0.4 is 10.6 Å². The molecule has 2 rings (SSSR count). The molecule has 1 saturated carbocycles. The minimum absolute atomic E-state index is 0.189. The molecule has 2 atom stereocenters. The van der Waals surface area contributed by atoms with Crippen LogP contribution in [0, 0.1) is 11.8 Å². The van der Waals surface area contributed by atoms with Crippen molar-refractivity contribution in [2.24, 2.45) is 16.8 Å². The zero-order valence-electron chi connectivity index (χ0n) is 16.1. The monoisotopic (exact) mass is 372 g/mol. The molecule has 7 heteroatoms. The summed E-state index contributed by atoms with van der Waals surface area (Å²) in [4.78, 5) is 4.33. The Morgan fingerprint density at radius 2 is 1.92 bits per heavy atom. The fraction of sp³-hybridized carbons (Fsp3) is 0.944. The van der Waals surface area contributed by atoms with Gasteiger partial charge in [0.2, 0.25) is 10.0 Å². The molecule has 2 N–H and O–H groups in total. The topological polar surface area (TPSA) is 73.8 Å². The lowest BCUT2D eigenvalue weighted by Gasteiger charge is -2.32. The van der Waals surface area contributed by atoms with Crippen molar-refractivity contribution in [1.82, 2.24) is 14.9 Å². The van der Waals surface area contributed by atoms with Gasteiger partial charge in [-0.15, -0.1) is 0 Å². The highest BCUT2D eigenvalue weighted by Crippen LogP contribution is 2.30. The van der Waals surface area contributed by atoms with Gasteiger partial charge in [-0.1, -0.05) is 26.2 Å². The van der Waals surface area contributed by atoms with E-state index in [0.717, 1.165) is 37.2 Å². The molecule has 0 bridgehead atoms. The van der Waals surface area contributed by atoms with Gasteiger partial charge in [0.1, 0.15) is 0 Å². The Balaban J connectivity index is 1.68. The van der Waals surface area contributed by atoms with Gasteiger partial charge >= 0.3 is 0 Å². The molecule has 2 aliphatic rings. The summed E-state index contributed by atoms with van der Waals surface area (Å²) in [5.74, 6) is 2.76. The summed E-state index contributed by atoms with van der Waals surface area (Å²) in [5, 5.41) is 6.90. The molecule has 25 heavy (non-hydrogen) atoms. The Labute approximate surface area is 153 Å². The van der Waals surface area contributed by atoms with Crippen molar-refractivity contribution in [3.8, 4) is 0 Å². The lowest BCUT2D eigenvalue weighted by molar-refractivity contribution is 0.270. The second-order valence-corrected chi connectivity index (χ2v) is 9.90. The molecule has 146 valence electrons. The zero-order chi connectivity index (χ0) is 18.3. The van der Waals surface area contributed by atoms with E-state index in [-0.39, 0.29) is 5.75 Å². The van der Waals surface area contributed by atoms with Crippen LogP contribution in [0.3, 0.4) is 0 Å². The number of hydrogen-bond acceptors (Lipinski definition) is 3. The Bertz CT molecular complexity index is 527. The number of nitrogens with zero attached hydrogens (tertiary/aromatic N) is 2. The van der Waals surface area contributed by atoms with E-state index < -0.39 is 10.0 Å². The van der Waals surface area contributed by atoms with Crippen LogP contribution in [-0.4, -0.2) is 57.2 Å². The van der Waals surface area contributed by atoms with Crippen molar-refractivity contribution in [3.05, 3.63) is 0 Å². The molecule has 1 aliphatic heterocycles. The molecule has 6 nitrogen and oxygen atoms in total. The summed E-state index contributed by atoms with van der Waals surface area (Å²) in [6.45, 7) is 6.24. The first-order chi connectivity index (χ1) is 11.9. The molecule has 0 radical (unpaired) electrons. The third-order valence-electron chi connectivity index (χ3n) is 5.67. The molecule has 0 spiro atoms. The van der Waals surface area contributed by atoms with Crippen LogP contribution in [-0.2, 0) is 10.0 Å². The minimum atomic E-state index is -3.05. The molecule has 0 aromatic carbocycles. The first-order valence-corrected chi connectivity index (χ1v) is 11.5. The second-order valence-electron chi connectivity index (χ2n) is 7.64. The van der Waals surface area contributed by atoms with Crippen LogP contribution in [0.4, 0.5) is 0 Å². The van der Waals surface area contributed by atoms with Crippen molar-refractivity contribution in [1.29, 1.82) is 0 Å². The third-order valence-corrected chi connectivity index (χ3v) is 7.55. The predicted octanol–water partition coefficient (Wildman–Crippen LogP) is 2.18. The van der Waals surface area contributed by atoms with E-state index in [4.69, 9.17) is 0 Å².